The summed E-state index contributed by atoms with van der Waals surface area (Å²) in [5, 5.41) is 9.00. The molecule has 7 nitrogen and oxygen atoms in total. The van der Waals surface area contributed by atoms with Crippen molar-refractivity contribution in [2.24, 2.45) is 4.99 Å². The Hall–Kier alpha value is -3.46. The van der Waals surface area contributed by atoms with E-state index >= 15 is 0 Å². The quantitative estimate of drug-likeness (QED) is 0.195. The summed E-state index contributed by atoms with van der Waals surface area (Å²) in [6.07, 6.45) is 6.30. The van der Waals surface area contributed by atoms with E-state index in [1.807, 2.05) is 91.0 Å². The van der Waals surface area contributed by atoms with Crippen LogP contribution in [-0.4, -0.2) is 41.7 Å². The molecule has 1 aliphatic carbocycles. The Bertz CT molecular complexity index is 1330. The van der Waals surface area contributed by atoms with Gasteiger partial charge in [-0.2, -0.15) is 0 Å². The highest BCUT2D eigenvalue weighted by atomic mass is 79.9. The molecule has 0 bridgehead atoms. The number of aliphatic imine (C=N–C) groups is 1. The summed E-state index contributed by atoms with van der Waals surface area (Å²) in [6, 6.07) is 25.5. The number of nitrogens with zero attached hydrogens (tertiary/aromatic N) is 1. The number of aliphatic hydroxyl groups excluding tert-OH is 1. The van der Waals surface area contributed by atoms with Crippen molar-refractivity contribution in [3.05, 3.63) is 106 Å². The zero-order chi connectivity index (χ0) is 27.1. The van der Waals surface area contributed by atoms with E-state index in [1.165, 1.54) is 0 Å². The molecule has 5 rings (SSSR count). The Morgan fingerprint density at radius 2 is 1.82 bits per heavy atom. The summed E-state index contributed by atoms with van der Waals surface area (Å²) in [6.45, 7) is 0.514. The third kappa shape index (κ3) is 6.58. The Balaban J connectivity index is 1.51. The first kappa shape index (κ1) is 27.1. The maximum atomic E-state index is 14.0. The molecule has 1 aliphatic heterocycles. The van der Waals surface area contributed by atoms with E-state index in [-0.39, 0.29) is 18.6 Å². The summed E-state index contributed by atoms with van der Waals surface area (Å²) in [4.78, 5) is 19.0. The molecule has 8 heteroatoms. The topological polar surface area (TPSA) is 92.2 Å². The van der Waals surface area contributed by atoms with Crippen molar-refractivity contribution in [3.63, 3.8) is 0 Å². The number of carbonyl (C=O) groups excluding carboxylic acids is 1. The number of nitrogens with one attached hydrogen (secondary N) is 2. The minimum absolute atomic E-state index is 0.0810. The molecule has 0 aromatic heterocycles. The largest absolute Gasteiger partial charge is 0.494 e. The third-order valence-corrected chi connectivity index (χ3v) is 7.45. The van der Waals surface area contributed by atoms with Gasteiger partial charge in [-0.15, -0.1) is 0 Å². The summed E-state index contributed by atoms with van der Waals surface area (Å²) in [5.74, 6) is 0.843. The highest BCUT2D eigenvalue weighted by molar-refractivity contribution is 9.10. The van der Waals surface area contributed by atoms with Crippen molar-refractivity contribution in [2.75, 3.05) is 13.2 Å². The van der Waals surface area contributed by atoms with Gasteiger partial charge in [0, 0.05) is 41.1 Å². The van der Waals surface area contributed by atoms with Gasteiger partial charge in [-0.3, -0.25) is 10.2 Å². The van der Waals surface area contributed by atoms with E-state index in [1.54, 1.807) is 0 Å². The van der Waals surface area contributed by atoms with Crippen LogP contribution in [0.25, 0.3) is 6.08 Å². The molecule has 39 heavy (non-hydrogen) atoms. The van der Waals surface area contributed by atoms with Crippen LogP contribution in [0.5, 0.6) is 5.75 Å². The second-order valence-corrected chi connectivity index (χ2v) is 10.6. The number of hydrogen-bond acceptors (Lipinski definition) is 6. The lowest BCUT2D eigenvalue weighted by molar-refractivity contribution is -0.130. The predicted octanol–water partition coefficient (Wildman–Crippen LogP) is 5.35. The van der Waals surface area contributed by atoms with E-state index in [0.29, 0.717) is 31.1 Å². The fourth-order valence-corrected chi connectivity index (χ4v) is 4.91. The molecule has 1 fully saturated rings. The number of rotatable bonds is 12. The van der Waals surface area contributed by atoms with Gasteiger partial charge in [-0.1, -0.05) is 76.6 Å². The number of carbonyl (C=O) groups is 1. The number of hydrogen-bond donors (Lipinski definition) is 3. The smallest absolute Gasteiger partial charge is 0.266 e. The molecule has 0 saturated heterocycles. The van der Waals surface area contributed by atoms with Gasteiger partial charge in [0.25, 0.3) is 5.91 Å². The van der Waals surface area contributed by atoms with Crippen LogP contribution in [0.4, 0.5) is 0 Å². The molecule has 1 amide bonds. The average Bonchev–Trinajstić information content (AvgIpc) is 3.72. The second-order valence-electron chi connectivity index (χ2n) is 9.70. The number of amides is 1. The molecule has 2 aliphatic rings. The summed E-state index contributed by atoms with van der Waals surface area (Å²) in [7, 11) is 0. The van der Waals surface area contributed by atoms with Crippen molar-refractivity contribution in [3.8, 4) is 5.75 Å². The van der Waals surface area contributed by atoms with Gasteiger partial charge in [0.1, 0.15) is 5.75 Å². The lowest BCUT2D eigenvalue weighted by atomic mass is 9.84. The van der Waals surface area contributed by atoms with Crippen LogP contribution in [0.3, 0.4) is 0 Å². The van der Waals surface area contributed by atoms with Gasteiger partial charge < -0.3 is 14.6 Å². The van der Waals surface area contributed by atoms with Crippen LogP contribution in [0.1, 0.15) is 48.5 Å². The molecule has 0 spiro atoms. The highest BCUT2D eigenvalue weighted by Crippen LogP contribution is 2.45. The molecule has 1 saturated carbocycles. The van der Waals surface area contributed by atoms with Crippen molar-refractivity contribution in [1.82, 2.24) is 10.9 Å². The van der Waals surface area contributed by atoms with Crippen LogP contribution in [0.15, 0.2) is 94.4 Å². The van der Waals surface area contributed by atoms with Crippen LogP contribution >= 0.6 is 15.9 Å². The van der Waals surface area contributed by atoms with Crippen LogP contribution < -0.4 is 15.6 Å². The first-order chi connectivity index (χ1) is 19.1. The van der Waals surface area contributed by atoms with E-state index in [2.05, 4.69) is 26.8 Å². The standard InChI is InChI=1S/C31H32BrN3O4/c32-27-12-5-4-11-26(27)28-31(30(37)35-34-24-15-16-24,19-6-10-22-8-2-1-3-9-22)33-29(39-28)23-13-17-25(18-14-23)38-21-7-20-36/h1-6,8-14,17-18,24,28,34,36H,7,15-16,19-21H2,(H,35,37)/b10-6+/t28-,31-/m0/s1. The SMILES string of the molecule is O=C(NNC1CC1)[C@@]1(C/C=C/c2ccccc2)N=C(c2ccc(OCCCO)cc2)O[C@H]1c1ccccc1Br. The highest BCUT2D eigenvalue weighted by Gasteiger charge is 2.53. The number of halogens is 1. The van der Waals surface area contributed by atoms with Gasteiger partial charge in [-0.05, 0) is 48.7 Å². The van der Waals surface area contributed by atoms with Crippen molar-refractivity contribution in [2.45, 2.75) is 43.4 Å². The Morgan fingerprint density at radius 1 is 1.08 bits per heavy atom. The molecule has 3 aromatic carbocycles. The van der Waals surface area contributed by atoms with Crippen LogP contribution in [0.2, 0.25) is 0 Å². The molecule has 202 valence electrons. The maximum absolute atomic E-state index is 14.0. The zero-order valence-corrected chi connectivity index (χ0v) is 23.1. The second kappa shape index (κ2) is 12.6. The number of aliphatic hydroxyl groups is 1. The van der Waals surface area contributed by atoms with Gasteiger partial charge in [0.2, 0.25) is 5.90 Å². The molecule has 3 aromatic rings. The van der Waals surface area contributed by atoms with E-state index in [4.69, 9.17) is 19.6 Å². The Labute approximate surface area is 237 Å². The average molecular weight is 591 g/mol. The van der Waals surface area contributed by atoms with E-state index < -0.39 is 11.6 Å². The lowest BCUT2D eigenvalue weighted by Gasteiger charge is -2.30. The fourth-order valence-electron chi connectivity index (χ4n) is 4.42. The normalized spacial score (nSPS) is 20.5. The maximum Gasteiger partial charge on any atom is 0.266 e. The molecule has 1 heterocycles. The summed E-state index contributed by atoms with van der Waals surface area (Å²) in [5.41, 5.74) is 7.47. The first-order valence-corrected chi connectivity index (χ1v) is 14.0. The fraction of sp³-hybridized carbons (Fsp3) is 0.290. The van der Waals surface area contributed by atoms with Gasteiger partial charge in [0.05, 0.1) is 6.61 Å². The van der Waals surface area contributed by atoms with E-state index in [0.717, 1.165) is 34.0 Å². The number of ether oxygens (including phenoxy) is 2. The van der Waals surface area contributed by atoms with Gasteiger partial charge in [-0.25, -0.2) is 10.4 Å². The summed E-state index contributed by atoms with van der Waals surface area (Å²) >= 11 is 3.67. The predicted molar refractivity (Wildman–Crippen MR) is 155 cm³/mol. The van der Waals surface area contributed by atoms with Crippen molar-refractivity contribution in [1.29, 1.82) is 0 Å². The van der Waals surface area contributed by atoms with Gasteiger partial charge >= 0.3 is 0 Å². The summed E-state index contributed by atoms with van der Waals surface area (Å²) < 4.78 is 13.1. The molecular weight excluding hydrogens is 558 g/mol. The number of benzene rings is 3. The first-order valence-electron chi connectivity index (χ1n) is 13.2. The van der Waals surface area contributed by atoms with Crippen molar-refractivity contribution < 1.29 is 19.4 Å². The minimum atomic E-state index is -1.25. The minimum Gasteiger partial charge on any atom is -0.494 e. The van der Waals surface area contributed by atoms with Gasteiger partial charge in [0.15, 0.2) is 11.6 Å². The Morgan fingerprint density at radius 3 is 2.54 bits per heavy atom. The van der Waals surface area contributed by atoms with Crippen LogP contribution in [-0.2, 0) is 9.53 Å². The molecule has 3 N–H and O–H groups in total. The van der Waals surface area contributed by atoms with E-state index in [9.17, 15) is 4.79 Å². The molecule has 2 atom stereocenters. The monoisotopic (exact) mass is 589 g/mol. The van der Waals surface area contributed by atoms with Crippen molar-refractivity contribution >= 4 is 33.8 Å². The third-order valence-electron chi connectivity index (χ3n) is 6.72. The molecule has 0 radical (unpaired) electrons. The molecular formula is C31H32BrN3O4. The number of hydrazine groups is 1. The van der Waals surface area contributed by atoms with Crippen LogP contribution in [0, 0.1) is 0 Å². The zero-order valence-electron chi connectivity index (χ0n) is 21.6. The Kier molecular flexibility index (Phi) is 8.76. The molecule has 0 unspecified atom stereocenters. The lowest BCUT2D eigenvalue weighted by Crippen LogP contribution is -2.53.